The van der Waals surface area contributed by atoms with Crippen molar-refractivity contribution in [1.29, 1.82) is 0 Å². The molecule has 1 amide bonds. The molecule has 0 aromatic heterocycles. The lowest BCUT2D eigenvalue weighted by Crippen LogP contribution is -2.34. The molecule has 1 aromatic carbocycles. The monoisotopic (exact) mass is 259 g/mol. The van der Waals surface area contributed by atoms with Crippen molar-refractivity contribution >= 4 is 29.1 Å². The molecule has 88 valence electrons. The van der Waals surface area contributed by atoms with E-state index in [0.717, 1.165) is 12.8 Å². The summed E-state index contributed by atoms with van der Waals surface area (Å²) in [6.45, 7) is 2.02. The maximum Gasteiger partial charge on any atom is 0.251 e. The van der Waals surface area contributed by atoms with Crippen molar-refractivity contribution in [3.8, 4) is 0 Å². The average molecular weight is 260 g/mol. The van der Waals surface area contributed by atoms with E-state index in [9.17, 15) is 4.79 Å². The first-order chi connectivity index (χ1) is 7.67. The Hall–Kier alpha value is -0.730. The Bertz CT molecular complexity index is 355. The Morgan fingerprint density at radius 1 is 1.50 bits per heavy atom. The number of nitrogens with one attached hydrogen (secondary N) is 1. The van der Waals surface area contributed by atoms with Crippen molar-refractivity contribution in [2.24, 2.45) is 0 Å². The zero-order valence-electron chi connectivity index (χ0n) is 9.17. The van der Waals surface area contributed by atoms with Gasteiger partial charge in [-0.15, -0.1) is 11.6 Å². The van der Waals surface area contributed by atoms with Gasteiger partial charge in [0.15, 0.2) is 0 Å². The average Bonchev–Trinajstić information content (AvgIpc) is 2.28. The molecule has 0 saturated heterocycles. The molecule has 0 saturated carbocycles. The van der Waals surface area contributed by atoms with Gasteiger partial charge in [0.2, 0.25) is 0 Å². The maximum atomic E-state index is 11.8. The van der Waals surface area contributed by atoms with Gasteiger partial charge in [-0.05, 0) is 31.0 Å². The lowest BCUT2D eigenvalue weighted by atomic mass is 10.1. The van der Waals surface area contributed by atoms with Gasteiger partial charge in [0.1, 0.15) is 0 Å². The molecule has 0 spiro atoms. The molecule has 0 aliphatic heterocycles. The number of hydrogen-bond donors (Lipinski definition) is 1. The normalized spacial score (nSPS) is 12.2. The van der Waals surface area contributed by atoms with E-state index in [2.05, 4.69) is 5.32 Å². The third-order valence-corrected chi connectivity index (χ3v) is 2.83. The van der Waals surface area contributed by atoms with Crippen LogP contribution in [-0.2, 0) is 0 Å². The predicted octanol–water partition coefficient (Wildman–Crippen LogP) is 3.48. The fraction of sp³-hybridized carbons (Fsp3) is 0.417. The SMILES string of the molecule is CCC(CCCl)NC(=O)c1cccc(Cl)c1. The molecule has 2 nitrogen and oxygen atoms in total. The highest BCUT2D eigenvalue weighted by Crippen LogP contribution is 2.11. The minimum atomic E-state index is -0.0977. The fourth-order valence-corrected chi connectivity index (χ4v) is 1.86. The maximum absolute atomic E-state index is 11.8. The van der Waals surface area contributed by atoms with Gasteiger partial charge in [0.05, 0.1) is 0 Å². The number of amides is 1. The third-order valence-electron chi connectivity index (χ3n) is 2.37. The van der Waals surface area contributed by atoms with E-state index >= 15 is 0 Å². The molecule has 1 aromatic rings. The second-order valence-electron chi connectivity index (χ2n) is 3.57. The van der Waals surface area contributed by atoms with Gasteiger partial charge in [-0.1, -0.05) is 24.6 Å². The topological polar surface area (TPSA) is 29.1 Å². The van der Waals surface area contributed by atoms with Crippen molar-refractivity contribution in [1.82, 2.24) is 5.32 Å². The van der Waals surface area contributed by atoms with E-state index in [-0.39, 0.29) is 11.9 Å². The number of hydrogen-bond acceptors (Lipinski definition) is 1. The zero-order chi connectivity index (χ0) is 12.0. The lowest BCUT2D eigenvalue weighted by molar-refractivity contribution is 0.0935. The van der Waals surface area contributed by atoms with Crippen molar-refractivity contribution in [3.05, 3.63) is 34.9 Å². The van der Waals surface area contributed by atoms with Crippen LogP contribution in [0.5, 0.6) is 0 Å². The largest absolute Gasteiger partial charge is 0.349 e. The van der Waals surface area contributed by atoms with Crippen LogP contribution in [0.3, 0.4) is 0 Å². The fourth-order valence-electron chi connectivity index (χ4n) is 1.41. The van der Waals surface area contributed by atoms with Crippen molar-refractivity contribution in [2.75, 3.05) is 5.88 Å². The van der Waals surface area contributed by atoms with E-state index in [1.807, 2.05) is 6.92 Å². The summed E-state index contributed by atoms with van der Waals surface area (Å²) >= 11 is 11.5. The number of alkyl halides is 1. The molecule has 0 aliphatic rings. The van der Waals surface area contributed by atoms with Crippen LogP contribution in [0, 0.1) is 0 Å². The smallest absolute Gasteiger partial charge is 0.251 e. The van der Waals surface area contributed by atoms with Gasteiger partial charge < -0.3 is 5.32 Å². The van der Waals surface area contributed by atoms with Crippen molar-refractivity contribution in [2.45, 2.75) is 25.8 Å². The first-order valence-corrected chi connectivity index (χ1v) is 6.21. The van der Waals surface area contributed by atoms with Gasteiger partial charge in [0.25, 0.3) is 5.91 Å². The van der Waals surface area contributed by atoms with Crippen LogP contribution < -0.4 is 5.32 Å². The number of halogens is 2. The van der Waals surface area contributed by atoms with Crippen LogP contribution in [0.1, 0.15) is 30.1 Å². The minimum Gasteiger partial charge on any atom is -0.349 e. The van der Waals surface area contributed by atoms with E-state index in [4.69, 9.17) is 23.2 Å². The standard InChI is InChI=1S/C12H15Cl2NO/c1-2-11(6-7-13)15-12(16)9-4-3-5-10(14)8-9/h3-5,8,11H,2,6-7H2,1H3,(H,15,16). The first kappa shape index (κ1) is 13.3. The minimum absolute atomic E-state index is 0.0977. The summed E-state index contributed by atoms with van der Waals surface area (Å²) in [6, 6.07) is 7.04. The van der Waals surface area contributed by atoms with Crippen molar-refractivity contribution < 1.29 is 4.79 Å². The van der Waals surface area contributed by atoms with E-state index in [0.29, 0.717) is 16.5 Å². The van der Waals surface area contributed by atoms with Gasteiger partial charge in [-0.3, -0.25) is 4.79 Å². The quantitative estimate of drug-likeness (QED) is 0.807. The van der Waals surface area contributed by atoms with E-state index in [1.165, 1.54) is 0 Å². The van der Waals surface area contributed by atoms with Crippen LogP contribution in [0.2, 0.25) is 5.02 Å². The summed E-state index contributed by atoms with van der Waals surface area (Å²) < 4.78 is 0. The summed E-state index contributed by atoms with van der Waals surface area (Å²) in [5.74, 6) is 0.452. The second kappa shape index (κ2) is 6.77. The number of benzene rings is 1. The summed E-state index contributed by atoms with van der Waals surface area (Å²) in [5, 5.41) is 3.50. The Balaban J connectivity index is 2.64. The Morgan fingerprint density at radius 3 is 2.81 bits per heavy atom. The molecular weight excluding hydrogens is 245 g/mol. The summed E-state index contributed by atoms with van der Waals surface area (Å²) in [4.78, 5) is 11.8. The van der Waals surface area contributed by atoms with E-state index < -0.39 is 0 Å². The second-order valence-corrected chi connectivity index (χ2v) is 4.38. The first-order valence-electron chi connectivity index (χ1n) is 5.29. The number of carbonyl (C=O) groups is 1. The summed E-state index contributed by atoms with van der Waals surface area (Å²) in [5.41, 5.74) is 0.584. The van der Waals surface area contributed by atoms with E-state index in [1.54, 1.807) is 24.3 Å². The molecule has 0 bridgehead atoms. The van der Waals surface area contributed by atoms with Crippen molar-refractivity contribution in [3.63, 3.8) is 0 Å². The molecule has 1 unspecified atom stereocenters. The molecule has 0 radical (unpaired) electrons. The Kier molecular flexibility index (Phi) is 5.64. The molecule has 0 aliphatic carbocycles. The van der Waals surface area contributed by atoms with Crippen LogP contribution in [0.4, 0.5) is 0 Å². The zero-order valence-corrected chi connectivity index (χ0v) is 10.7. The van der Waals surface area contributed by atoms with Crippen LogP contribution in [0.15, 0.2) is 24.3 Å². The highest BCUT2D eigenvalue weighted by atomic mass is 35.5. The number of carbonyl (C=O) groups excluding carboxylic acids is 1. The highest BCUT2D eigenvalue weighted by molar-refractivity contribution is 6.30. The Morgan fingerprint density at radius 2 is 2.25 bits per heavy atom. The summed E-state index contributed by atoms with van der Waals surface area (Å²) in [7, 11) is 0. The molecule has 4 heteroatoms. The predicted molar refractivity (Wildman–Crippen MR) is 68.3 cm³/mol. The summed E-state index contributed by atoms with van der Waals surface area (Å²) in [6.07, 6.45) is 1.66. The van der Waals surface area contributed by atoms with Crippen LogP contribution >= 0.6 is 23.2 Å². The third kappa shape index (κ3) is 4.03. The molecule has 1 rings (SSSR count). The van der Waals surface area contributed by atoms with Crippen LogP contribution in [0.25, 0.3) is 0 Å². The molecule has 0 heterocycles. The van der Waals surface area contributed by atoms with Gasteiger partial charge in [0, 0.05) is 22.5 Å². The van der Waals surface area contributed by atoms with Crippen LogP contribution in [-0.4, -0.2) is 17.8 Å². The molecule has 16 heavy (non-hydrogen) atoms. The molecule has 1 atom stereocenters. The lowest BCUT2D eigenvalue weighted by Gasteiger charge is -2.15. The Labute approximate surface area is 106 Å². The van der Waals surface area contributed by atoms with Gasteiger partial charge in [-0.2, -0.15) is 0 Å². The molecular formula is C12H15Cl2NO. The van der Waals surface area contributed by atoms with Gasteiger partial charge >= 0.3 is 0 Å². The molecule has 1 N–H and O–H groups in total. The number of rotatable bonds is 5. The molecule has 0 fully saturated rings. The van der Waals surface area contributed by atoms with Gasteiger partial charge in [-0.25, -0.2) is 0 Å². The highest BCUT2D eigenvalue weighted by Gasteiger charge is 2.11.